The van der Waals surface area contributed by atoms with Gasteiger partial charge in [0.2, 0.25) is 0 Å². The van der Waals surface area contributed by atoms with E-state index in [9.17, 15) is 9.59 Å². The highest BCUT2D eigenvalue weighted by Crippen LogP contribution is 2.31. The highest BCUT2D eigenvalue weighted by molar-refractivity contribution is 5.86. The minimum absolute atomic E-state index is 0.325. The quantitative estimate of drug-likeness (QED) is 0.603. The molecule has 0 aromatic carbocycles. The summed E-state index contributed by atoms with van der Waals surface area (Å²) in [6, 6.07) is 3.89. The van der Waals surface area contributed by atoms with E-state index in [1.165, 1.54) is 4.90 Å². The van der Waals surface area contributed by atoms with Gasteiger partial charge in [0, 0.05) is 18.9 Å². The van der Waals surface area contributed by atoms with Crippen molar-refractivity contribution < 1.29 is 19.1 Å². The van der Waals surface area contributed by atoms with Gasteiger partial charge in [0.05, 0.1) is 6.61 Å². The molecule has 0 spiro atoms. The maximum Gasteiger partial charge on any atom is 0.411 e. The van der Waals surface area contributed by atoms with Crippen molar-refractivity contribution in [3.8, 4) is 0 Å². The molecule has 25 heavy (non-hydrogen) atoms. The number of aryl methyl sites for hydroxylation is 1. The van der Waals surface area contributed by atoms with E-state index in [0.29, 0.717) is 19.6 Å². The van der Waals surface area contributed by atoms with Crippen molar-refractivity contribution in [3.05, 3.63) is 30.1 Å². The number of esters is 1. The van der Waals surface area contributed by atoms with Crippen LogP contribution in [0.3, 0.4) is 0 Å². The van der Waals surface area contributed by atoms with Gasteiger partial charge in [-0.05, 0) is 65.0 Å². The Kier molecular flexibility index (Phi) is 6.03. The Morgan fingerprint density at radius 3 is 2.76 bits per heavy atom. The van der Waals surface area contributed by atoms with Gasteiger partial charge in [-0.25, -0.2) is 9.59 Å². The molecular formula is C19H28N2O4. The first-order valence-corrected chi connectivity index (χ1v) is 8.79. The van der Waals surface area contributed by atoms with E-state index in [-0.39, 0.29) is 5.97 Å². The largest absolute Gasteiger partial charge is 0.464 e. The van der Waals surface area contributed by atoms with Crippen molar-refractivity contribution in [1.82, 2.24) is 9.88 Å². The Balaban J connectivity index is 1.87. The van der Waals surface area contributed by atoms with Gasteiger partial charge >= 0.3 is 12.1 Å². The first kappa shape index (κ1) is 19.2. The third-order valence-electron chi connectivity index (χ3n) is 4.26. The Morgan fingerprint density at radius 2 is 2.12 bits per heavy atom. The number of hydrogen-bond acceptors (Lipinski definition) is 5. The summed E-state index contributed by atoms with van der Waals surface area (Å²) >= 11 is 0. The van der Waals surface area contributed by atoms with Crippen LogP contribution in [0.4, 0.5) is 4.79 Å². The molecule has 0 bridgehead atoms. The standard InChI is InChI=1S/C19H28N2O4/c1-18(2,3)25-17(23)21-12-7-10-19(21,4)16(22)24-13-6-9-15-8-5-11-20-14-15/h5,8,11,14H,6-7,9-10,12-13H2,1-4H3/t19-/m0/s1. The van der Waals surface area contributed by atoms with Crippen LogP contribution in [-0.2, 0) is 20.7 Å². The van der Waals surface area contributed by atoms with E-state index < -0.39 is 17.2 Å². The molecule has 0 N–H and O–H groups in total. The van der Waals surface area contributed by atoms with Gasteiger partial charge in [-0.3, -0.25) is 9.88 Å². The second-order valence-electron chi connectivity index (χ2n) is 7.61. The highest BCUT2D eigenvalue weighted by Gasteiger charge is 2.48. The Hall–Kier alpha value is -2.11. The van der Waals surface area contributed by atoms with Crippen LogP contribution in [0.15, 0.2) is 24.5 Å². The van der Waals surface area contributed by atoms with Crippen LogP contribution < -0.4 is 0 Å². The number of likely N-dealkylation sites (tertiary alicyclic amines) is 1. The SMILES string of the molecule is CC(C)(C)OC(=O)N1CCC[C@@]1(C)C(=O)OCCCc1cccnc1. The first-order chi connectivity index (χ1) is 11.7. The summed E-state index contributed by atoms with van der Waals surface area (Å²) in [5.74, 6) is -0.359. The third kappa shape index (κ3) is 5.18. The normalized spacial score (nSPS) is 20.4. The number of carbonyl (C=O) groups is 2. The molecule has 2 rings (SSSR count). The average Bonchev–Trinajstić information content (AvgIpc) is 2.94. The number of hydrogen-bond donors (Lipinski definition) is 0. The average molecular weight is 348 g/mol. The Labute approximate surface area is 149 Å². The molecular weight excluding hydrogens is 320 g/mol. The van der Waals surface area contributed by atoms with Gasteiger partial charge < -0.3 is 9.47 Å². The third-order valence-corrected chi connectivity index (χ3v) is 4.26. The topological polar surface area (TPSA) is 68.7 Å². The van der Waals surface area contributed by atoms with Crippen LogP contribution in [0.2, 0.25) is 0 Å². The zero-order valence-electron chi connectivity index (χ0n) is 15.6. The summed E-state index contributed by atoms with van der Waals surface area (Å²) in [6.07, 6.45) is 5.96. The zero-order valence-corrected chi connectivity index (χ0v) is 15.6. The van der Waals surface area contributed by atoms with Crippen molar-refractivity contribution in [3.63, 3.8) is 0 Å². The second-order valence-corrected chi connectivity index (χ2v) is 7.61. The van der Waals surface area contributed by atoms with Gasteiger partial charge in [-0.2, -0.15) is 0 Å². The number of nitrogens with zero attached hydrogens (tertiary/aromatic N) is 2. The molecule has 1 atom stereocenters. The number of pyridine rings is 1. The summed E-state index contributed by atoms with van der Waals surface area (Å²) in [4.78, 5) is 30.5. The van der Waals surface area contributed by atoms with Gasteiger partial charge in [0.15, 0.2) is 0 Å². The molecule has 0 aliphatic carbocycles. The number of amides is 1. The minimum atomic E-state index is -0.948. The smallest absolute Gasteiger partial charge is 0.411 e. The maximum absolute atomic E-state index is 12.6. The molecule has 1 aromatic heterocycles. The van der Waals surface area contributed by atoms with Crippen molar-refractivity contribution in [2.24, 2.45) is 0 Å². The zero-order chi connectivity index (χ0) is 18.5. The van der Waals surface area contributed by atoms with Crippen LogP contribution in [0.25, 0.3) is 0 Å². The summed E-state index contributed by atoms with van der Waals surface area (Å²) in [5.41, 5.74) is -0.425. The maximum atomic E-state index is 12.6. The van der Waals surface area contributed by atoms with E-state index in [4.69, 9.17) is 9.47 Å². The number of aromatic nitrogens is 1. The monoisotopic (exact) mass is 348 g/mol. The fraction of sp³-hybridized carbons (Fsp3) is 0.632. The fourth-order valence-corrected chi connectivity index (χ4v) is 2.93. The molecule has 1 aliphatic rings. The molecule has 138 valence electrons. The lowest BCUT2D eigenvalue weighted by Crippen LogP contribution is -2.53. The summed E-state index contributed by atoms with van der Waals surface area (Å²) in [5, 5.41) is 0. The van der Waals surface area contributed by atoms with Crippen molar-refractivity contribution in [2.75, 3.05) is 13.2 Å². The molecule has 6 heteroatoms. The highest BCUT2D eigenvalue weighted by atomic mass is 16.6. The number of carbonyl (C=O) groups excluding carboxylic acids is 2. The van der Waals surface area contributed by atoms with E-state index in [1.807, 2.05) is 39.1 Å². The molecule has 1 fully saturated rings. The minimum Gasteiger partial charge on any atom is -0.464 e. The first-order valence-electron chi connectivity index (χ1n) is 8.79. The van der Waals surface area contributed by atoms with Gasteiger partial charge in [0.1, 0.15) is 11.1 Å². The predicted molar refractivity (Wildman–Crippen MR) is 94.1 cm³/mol. The molecule has 6 nitrogen and oxygen atoms in total. The fourth-order valence-electron chi connectivity index (χ4n) is 2.93. The Morgan fingerprint density at radius 1 is 1.36 bits per heavy atom. The summed E-state index contributed by atoms with van der Waals surface area (Å²) < 4.78 is 10.9. The van der Waals surface area contributed by atoms with Gasteiger partial charge in [-0.15, -0.1) is 0 Å². The van der Waals surface area contributed by atoms with Gasteiger partial charge in [0.25, 0.3) is 0 Å². The molecule has 0 radical (unpaired) electrons. The van der Waals surface area contributed by atoms with E-state index in [2.05, 4.69) is 4.98 Å². The van der Waals surface area contributed by atoms with Crippen LogP contribution in [-0.4, -0.2) is 46.2 Å². The van der Waals surface area contributed by atoms with Gasteiger partial charge in [-0.1, -0.05) is 6.07 Å². The van der Waals surface area contributed by atoms with Crippen molar-refractivity contribution >= 4 is 12.1 Å². The summed E-state index contributed by atoms with van der Waals surface area (Å²) in [7, 11) is 0. The lowest BCUT2D eigenvalue weighted by atomic mass is 9.99. The molecule has 2 heterocycles. The van der Waals surface area contributed by atoms with E-state index >= 15 is 0 Å². The molecule has 1 amide bonds. The van der Waals surface area contributed by atoms with Crippen LogP contribution in [0.1, 0.15) is 52.5 Å². The summed E-state index contributed by atoms with van der Waals surface area (Å²) in [6.45, 7) is 8.04. The van der Waals surface area contributed by atoms with Crippen LogP contribution >= 0.6 is 0 Å². The molecule has 1 aliphatic heterocycles. The lowest BCUT2D eigenvalue weighted by Gasteiger charge is -2.34. The van der Waals surface area contributed by atoms with Crippen LogP contribution in [0.5, 0.6) is 0 Å². The number of ether oxygens (including phenoxy) is 2. The van der Waals surface area contributed by atoms with Crippen LogP contribution in [0, 0.1) is 0 Å². The second kappa shape index (κ2) is 7.85. The van der Waals surface area contributed by atoms with E-state index in [1.54, 1.807) is 13.1 Å². The van der Waals surface area contributed by atoms with Crippen molar-refractivity contribution in [2.45, 2.75) is 64.5 Å². The molecule has 1 aromatic rings. The van der Waals surface area contributed by atoms with Crippen molar-refractivity contribution in [1.29, 1.82) is 0 Å². The number of rotatable bonds is 5. The van der Waals surface area contributed by atoms with E-state index in [0.717, 1.165) is 24.8 Å². The lowest BCUT2D eigenvalue weighted by molar-refractivity contribution is -0.155. The Bertz CT molecular complexity index is 597. The predicted octanol–water partition coefficient (Wildman–Crippen LogP) is 3.35. The molecule has 1 saturated heterocycles. The molecule has 0 unspecified atom stereocenters. The molecule has 0 saturated carbocycles.